The number of carboxylic acids is 1. The van der Waals surface area contributed by atoms with E-state index >= 15 is 0 Å². The van der Waals surface area contributed by atoms with Crippen LogP contribution < -0.4 is 11.1 Å². The average molecular weight is 294 g/mol. The Morgan fingerprint density at radius 2 is 2.33 bits per heavy atom. The standard InChI is InChI=1S/C14H22N4O3/c1-9-4-3-5-14(15,6-9)13(21)17-11(12(19)20)10-7-16-18(2)8-10/h7-9,11H,3-6,15H2,1-2H3,(H,17,21)(H,19,20). The molecule has 4 N–H and O–H groups in total. The smallest absolute Gasteiger partial charge is 0.331 e. The van der Waals surface area contributed by atoms with E-state index in [4.69, 9.17) is 5.73 Å². The van der Waals surface area contributed by atoms with Crippen molar-refractivity contribution in [1.82, 2.24) is 15.1 Å². The Balaban J connectivity index is 2.13. The van der Waals surface area contributed by atoms with E-state index in [9.17, 15) is 14.7 Å². The molecule has 0 aromatic carbocycles. The van der Waals surface area contributed by atoms with E-state index in [1.165, 1.54) is 10.9 Å². The summed E-state index contributed by atoms with van der Waals surface area (Å²) in [5, 5.41) is 15.8. The molecule has 3 atom stereocenters. The highest BCUT2D eigenvalue weighted by atomic mass is 16.4. The quantitative estimate of drug-likeness (QED) is 0.752. The van der Waals surface area contributed by atoms with Crippen LogP contribution in [-0.2, 0) is 16.6 Å². The molecule has 1 aliphatic rings. The van der Waals surface area contributed by atoms with Gasteiger partial charge in [-0.2, -0.15) is 5.10 Å². The lowest BCUT2D eigenvalue weighted by atomic mass is 9.76. The predicted octanol–water partition coefficient (Wildman–Crippen LogP) is 0.570. The largest absolute Gasteiger partial charge is 0.479 e. The SMILES string of the molecule is CC1CCCC(N)(C(=O)NC(C(=O)O)c2cnn(C)c2)C1. The van der Waals surface area contributed by atoms with Gasteiger partial charge >= 0.3 is 5.97 Å². The van der Waals surface area contributed by atoms with E-state index in [0.717, 1.165) is 12.8 Å². The van der Waals surface area contributed by atoms with Crippen LogP contribution in [0.1, 0.15) is 44.2 Å². The van der Waals surface area contributed by atoms with E-state index in [1.54, 1.807) is 13.2 Å². The van der Waals surface area contributed by atoms with Crippen LogP contribution in [0.3, 0.4) is 0 Å². The second-order valence-corrected chi connectivity index (χ2v) is 6.05. The molecule has 0 saturated heterocycles. The van der Waals surface area contributed by atoms with Gasteiger partial charge in [0.2, 0.25) is 5.91 Å². The van der Waals surface area contributed by atoms with Gasteiger partial charge in [0.1, 0.15) is 0 Å². The molecule has 1 heterocycles. The summed E-state index contributed by atoms with van der Waals surface area (Å²) in [5.74, 6) is -1.15. The Bertz CT molecular complexity index is 542. The van der Waals surface area contributed by atoms with Gasteiger partial charge in [0.25, 0.3) is 0 Å². The molecule has 3 unspecified atom stereocenters. The third kappa shape index (κ3) is 3.41. The second kappa shape index (κ2) is 5.85. The maximum Gasteiger partial charge on any atom is 0.331 e. The number of nitrogens with one attached hydrogen (secondary N) is 1. The molecule has 7 nitrogen and oxygen atoms in total. The van der Waals surface area contributed by atoms with Crippen LogP contribution >= 0.6 is 0 Å². The Hall–Kier alpha value is -1.89. The third-order valence-corrected chi connectivity index (χ3v) is 4.07. The molecular formula is C14H22N4O3. The van der Waals surface area contributed by atoms with Crippen LogP contribution in [0.25, 0.3) is 0 Å². The number of carbonyl (C=O) groups is 2. The first kappa shape index (κ1) is 15.5. The third-order valence-electron chi connectivity index (χ3n) is 4.07. The van der Waals surface area contributed by atoms with E-state index in [-0.39, 0.29) is 0 Å². The minimum atomic E-state index is -1.12. The lowest BCUT2D eigenvalue weighted by Crippen LogP contribution is -2.57. The first-order valence-corrected chi connectivity index (χ1v) is 7.13. The van der Waals surface area contributed by atoms with Crippen molar-refractivity contribution in [3.05, 3.63) is 18.0 Å². The normalized spacial score (nSPS) is 27.1. The highest BCUT2D eigenvalue weighted by Gasteiger charge is 2.40. The zero-order valence-corrected chi connectivity index (χ0v) is 12.4. The van der Waals surface area contributed by atoms with Crippen molar-refractivity contribution in [1.29, 1.82) is 0 Å². The topological polar surface area (TPSA) is 110 Å². The molecule has 1 saturated carbocycles. The van der Waals surface area contributed by atoms with Gasteiger partial charge in [-0.05, 0) is 18.8 Å². The minimum Gasteiger partial charge on any atom is -0.479 e. The molecule has 0 bridgehead atoms. The van der Waals surface area contributed by atoms with Gasteiger partial charge in [-0.3, -0.25) is 9.48 Å². The number of nitrogens with two attached hydrogens (primary N) is 1. The molecule has 116 valence electrons. The maximum atomic E-state index is 12.4. The monoisotopic (exact) mass is 294 g/mol. The molecule has 0 radical (unpaired) electrons. The lowest BCUT2D eigenvalue weighted by molar-refractivity contribution is -0.143. The molecule has 7 heteroatoms. The molecule has 1 aliphatic carbocycles. The number of aromatic nitrogens is 2. The van der Waals surface area contributed by atoms with Crippen molar-refractivity contribution in [2.45, 2.75) is 44.2 Å². The van der Waals surface area contributed by atoms with Gasteiger partial charge in [0.15, 0.2) is 6.04 Å². The second-order valence-electron chi connectivity index (χ2n) is 6.05. The summed E-state index contributed by atoms with van der Waals surface area (Å²) in [6, 6.07) is -1.12. The predicted molar refractivity (Wildman–Crippen MR) is 76.3 cm³/mol. The molecule has 1 fully saturated rings. The van der Waals surface area contributed by atoms with Crippen LogP contribution in [0.15, 0.2) is 12.4 Å². The van der Waals surface area contributed by atoms with Gasteiger partial charge in [-0.25, -0.2) is 4.79 Å². The van der Waals surface area contributed by atoms with Crippen molar-refractivity contribution >= 4 is 11.9 Å². The zero-order chi connectivity index (χ0) is 15.6. The fourth-order valence-electron chi connectivity index (χ4n) is 2.95. The maximum absolute atomic E-state index is 12.4. The minimum absolute atomic E-state index is 0.371. The van der Waals surface area contributed by atoms with Gasteiger partial charge < -0.3 is 16.2 Å². The summed E-state index contributed by atoms with van der Waals surface area (Å²) in [4.78, 5) is 23.8. The number of carbonyl (C=O) groups excluding carboxylic acids is 1. The molecule has 0 aliphatic heterocycles. The molecule has 1 amide bonds. The Morgan fingerprint density at radius 3 is 2.86 bits per heavy atom. The fraction of sp³-hybridized carbons (Fsp3) is 0.643. The number of nitrogens with zero attached hydrogens (tertiary/aromatic N) is 2. The van der Waals surface area contributed by atoms with Crippen molar-refractivity contribution in [3.63, 3.8) is 0 Å². The molecule has 21 heavy (non-hydrogen) atoms. The zero-order valence-electron chi connectivity index (χ0n) is 12.4. The number of hydrogen-bond donors (Lipinski definition) is 3. The summed E-state index contributed by atoms with van der Waals surface area (Å²) in [6.07, 6.45) is 6.12. The van der Waals surface area contributed by atoms with Gasteiger partial charge in [-0.1, -0.05) is 19.8 Å². The Morgan fingerprint density at radius 1 is 1.62 bits per heavy atom. The number of amides is 1. The van der Waals surface area contributed by atoms with Crippen LogP contribution in [-0.4, -0.2) is 32.3 Å². The highest BCUT2D eigenvalue weighted by molar-refractivity contribution is 5.90. The lowest BCUT2D eigenvalue weighted by Gasteiger charge is -2.36. The molecule has 2 rings (SSSR count). The average Bonchev–Trinajstić information content (AvgIpc) is 2.81. The number of rotatable bonds is 4. The molecule has 1 aromatic rings. The van der Waals surface area contributed by atoms with Gasteiger partial charge in [0.05, 0.1) is 11.7 Å². The summed E-state index contributed by atoms with van der Waals surface area (Å²) in [7, 11) is 1.69. The van der Waals surface area contributed by atoms with E-state index in [1.807, 2.05) is 0 Å². The number of hydrogen-bond acceptors (Lipinski definition) is 4. The number of aryl methyl sites for hydroxylation is 1. The highest BCUT2D eigenvalue weighted by Crippen LogP contribution is 2.31. The number of aliphatic carboxylic acids is 1. The van der Waals surface area contributed by atoms with Crippen molar-refractivity contribution in [2.24, 2.45) is 18.7 Å². The molecular weight excluding hydrogens is 272 g/mol. The van der Waals surface area contributed by atoms with E-state index in [2.05, 4.69) is 17.3 Å². The van der Waals surface area contributed by atoms with Crippen LogP contribution in [0.5, 0.6) is 0 Å². The molecule has 0 spiro atoms. The van der Waals surface area contributed by atoms with Gasteiger partial charge in [0, 0.05) is 18.8 Å². The summed E-state index contributed by atoms with van der Waals surface area (Å²) < 4.78 is 1.50. The Kier molecular flexibility index (Phi) is 4.32. The van der Waals surface area contributed by atoms with Crippen LogP contribution in [0.4, 0.5) is 0 Å². The van der Waals surface area contributed by atoms with Crippen LogP contribution in [0.2, 0.25) is 0 Å². The summed E-state index contributed by atoms with van der Waals surface area (Å²) in [5.41, 5.74) is 5.66. The summed E-state index contributed by atoms with van der Waals surface area (Å²) in [6.45, 7) is 2.06. The first-order valence-electron chi connectivity index (χ1n) is 7.13. The van der Waals surface area contributed by atoms with Crippen molar-refractivity contribution in [2.75, 3.05) is 0 Å². The van der Waals surface area contributed by atoms with Crippen molar-refractivity contribution in [3.8, 4) is 0 Å². The van der Waals surface area contributed by atoms with Crippen molar-refractivity contribution < 1.29 is 14.7 Å². The molecule has 1 aromatic heterocycles. The Labute approximate surface area is 123 Å². The number of carboxylic acid groups (broad SMARTS) is 1. The van der Waals surface area contributed by atoms with E-state index < -0.39 is 23.5 Å². The first-order chi connectivity index (χ1) is 9.82. The fourth-order valence-corrected chi connectivity index (χ4v) is 2.95. The van der Waals surface area contributed by atoms with E-state index in [0.29, 0.717) is 24.3 Å². The van der Waals surface area contributed by atoms with Crippen LogP contribution in [0, 0.1) is 5.92 Å². The summed E-state index contributed by atoms with van der Waals surface area (Å²) >= 11 is 0. The van der Waals surface area contributed by atoms with Gasteiger partial charge in [-0.15, -0.1) is 0 Å².